The van der Waals surface area contributed by atoms with Gasteiger partial charge in [0.15, 0.2) is 5.69 Å². The maximum absolute atomic E-state index is 11.6. The molecule has 0 fully saturated rings. The number of carbonyl (C=O) groups is 2. The minimum Gasteiger partial charge on any atom is -0.494 e. The summed E-state index contributed by atoms with van der Waals surface area (Å²) in [7, 11) is 1.30. The van der Waals surface area contributed by atoms with Crippen LogP contribution in [0.3, 0.4) is 0 Å². The summed E-state index contributed by atoms with van der Waals surface area (Å²) in [5.41, 5.74) is -0.116. The van der Waals surface area contributed by atoms with Gasteiger partial charge in [0.05, 0.1) is 13.7 Å². The SMILES string of the molecule is CCOC(=O)C(=O)Cc1cc(OC)c(N=O)cc1N=O. The highest BCUT2D eigenvalue weighted by Crippen LogP contribution is 2.35. The van der Waals surface area contributed by atoms with Crippen molar-refractivity contribution in [3.8, 4) is 5.75 Å². The number of nitroso groups, excluding NO2 is 2. The molecule has 0 saturated heterocycles. The van der Waals surface area contributed by atoms with Gasteiger partial charge in [0.25, 0.3) is 0 Å². The summed E-state index contributed by atoms with van der Waals surface area (Å²) >= 11 is 0. The molecule has 0 spiro atoms. The second kappa shape index (κ2) is 7.07. The number of nitrogens with zero attached hydrogens (tertiary/aromatic N) is 2. The monoisotopic (exact) mass is 280 g/mol. The molecule has 8 heteroatoms. The van der Waals surface area contributed by atoms with Gasteiger partial charge in [0.1, 0.15) is 11.4 Å². The summed E-state index contributed by atoms with van der Waals surface area (Å²) in [5, 5.41) is 5.39. The van der Waals surface area contributed by atoms with Gasteiger partial charge >= 0.3 is 5.97 Å². The number of ether oxygens (including phenoxy) is 2. The van der Waals surface area contributed by atoms with Crippen LogP contribution in [0.5, 0.6) is 5.75 Å². The van der Waals surface area contributed by atoms with Crippen molar-refractivity contribution in [3.63, 3.8) is 0 Å². The Morgan fingerprint density at radius 1 is 1.15 bits per heavy atom. The second-order valence-corrected chi connectivity index (χ2v) is 3.66. The second-order valence-electron chi connectivity index (χ2n) is 3.66. The highest BCUT2D eigenvalue weighted by molar-refractivity contribution is 6.34. The van der Waals surface area contributed by atoms with Gasteiger partial charge in [-0.2, -0.15) is 0 Å². The quantitative estimate of drug-likeness (QED) is 0.430. The molecule has 0 N–H and O–H groups in total. The molecule has 1 rings (SSSR count). The smallest absolute Gasteiger partial charge is 0.374 e. The average Bonchev–Trinajstić information content (AvgIpc) is 2.46. The molecule has 0 aromatic heterocycles. The van der Waals surface area contributed by atoms with Crippen LogP contribution in [0.15, 0.2) is 22.5 Å². The van der Waals surface area contributed by atoms with E-state index < -0.39 is 11.8 Å². The van der Waals surface area contributed by atoms with Crippen LogP contribution >= 0.6 is 0 Å². The zero-order valence-corrected chi connectivity index (χ0v) is 10.9. The van der Waals surface area contributed by atoms with Crippen molar-refractivity contribution in [2.75, 3.05) is 13.7 Å². The summed E-state index contributed by atoms with van der Waals surface area (Å²) in [6.07, 6.45) is -0.380. The largest absolute Gasteiger partial charge is 0.494 e. The van der Waals surface area contributed by atoms with Crippen molar-refractivity contribution in [1.29, 1.82) is 0 Å². The number of rotatable bonds is 7. The van der Waals surface area contributed by atoms with E-state index in [1.54, 1.807) is 6.92 Å². The van der Waals surface area contributed by atoms with Crippen LogP contribution in [0, 0.1) is 9.81 Å². The number of methoxy groups -OCH3 is 1. The Morgan fingerprint density at radius 3 is 2.30 bits per heavy atom. The molecule has 0 radical (unpaired) electrons. The van der Waals surface area contributed by atoms with Gasteiger partial charge in [0.2, 0.25) is 5.78 Å². The molecule has 0 heterocycles. The van der Waals surface area contributed by atoms with E-state index in [-0.39, 0.29) is 35.7 Å². The summed E-state index contributed by atoms with van der Waals surface area (Å²) in [6.45, 7) is 1.64. The molecule has 0 aliphatic carbocycles. The number of ketones is 1. The van der Waals surface area contributed by atoms with Gasteiger partial charge in [-0.25, -0.2) is 4.79 Å². The molecular formula is C12H12N2O6. The number of Topliss-reactive ketones (excluding diaryl/α,β-unsaturated/α-hetero) is 1. The zero-order valence-electron chi connectivity index (χ0n) is 10.9. The number of hydrogen-bond acceptors (Lipinski definition) is 8. The molecule has 106 valence electrons. The van der Waals surface area contributed by atoms with Gasteiger partial charge in [0, 0.05) is 12.5 Å². The van der Waals surface area contributed by atoms with Crippen LogP contribution in [-0.2, 0) is 20.7 Å². The normalized spacial score (nSPS) is 9.70. The van der Waals surface area contributed by atoms with E-state index in [0.717, 1.165) is 6.07 Å². The highest BCUT2D eigenvalue weighted by atomic mass is 16.5. The predicted octanol–water partition coefficient (Wildman–Crippen LogP) is 2.17. The van der Waals surface area contributed by atoms with Crippen molar-refractivity contribution >= 4 is 23.1 Å². The summed E-state index contributed by atoms with van der Waals surface area (Å²) in [6, 6.07) is 2.36. The van der Waals surface area contributed by atoms with Crippen molar-refractivity contribution in [2.45, 2.75) is 13.3 Å². The van der Waals surface area contributed by atoms with E-state index in [4.69, 9.17) is 4.74 Å². The van der Waals surface area contributed by atoms with Crippen molar-refractivity contribution in [1.82, 2.24) is 0 Å². The van der Waals surface area contributed by atoms with Gasteiger partial charge in [-0.05, 0) is 28.9 Å². The summed E-state index contributed by atoms with van der Waals surface area (Å²) in [4.78, 5) is 44.1. The fraction of sp³-hybridized carbons (Fsp3) is 0.333. The van der Waals surface area contributed by atoms with Crippen LogP contribution in [0.4, 0.5) is 11.4 Å². The van der Waals surface area contributed by atoms with Gasteiger partial charge in [-0.1, -0.05) is 0 Å². The van der Waals surface area contributed by atoms with E-state index >= 15 is 0 Å². The van der Waals surface area contributed by atoms with Crippen molar-refractivity contribution in [2.24, 2.45) is 10.4 Å². The Bertz CT molecular complexity index is 555. The molecule has 1 aromatic carbocycles. The number of carbonyl (C=O) groups excluding carboxylic acids is 2. The lowest BCUT2D eigenvalue weighted by atomic mass is 10.1. The van der Waals surface area contributed by atoms with Crippen LogP contribution in [-0.4, -0.2) is 25.5 Å². The van der Waals surface area contributed by atoms with Crippen LogP contribution < -0.4 is 4.74 Å². The first-order valence-corrected chi connectivity index (χ1v) is 5.64. The summed E-state index contributed by atoms with van der Waals surface area (Å²) in [5.74, 6) is -1.74. The molecule has 0 unspecified atom stereocenters. The number of hydrogen-bond donors (Lipinski definition) is 0. The van der Waals surface area contributed by atoms with Crippen molar-refractivity contribution in [3.05, 3.63) is 27.5 Å². The lowest BCUT2D eigenvalue weighted by Crippen LogP contribution is -2.19. The van der Waals surface area contributed by atoms with Crippen LogP contribution in [0.2, 0.25) is 0 Å². The van der Waals surface area contributed by atoms with E-state index in [9.17, 15) is 19.4 Å². The molecule has 0 bridgehead atoms. The molecule has 0 aliphatic heterocycles. The molecule has 0 amide bonds. The van der Waals surface area contributed by atoms with E-state index in [2.05, 4.69) is 15.1 Å². The fourth-order valence-electron chi connectivity index (χ4n) is 1.52. The Balaban J connectivity index is 3.11. The molecule has 8 nitrogen and oxygen atoms in total. The molecule has 0 saturated carbocycles. The first-order chi connectivity index (χ1) is 9.57. The van der Waals surface area contributed by atoms with E-state index in [1.165, 1.54) is 13.2 Å². The van der Waals surface area contributed by atoms with E-state index in [1.807, 2.05) is 0 Å². The first kappa shape index (κ1) is 15.4. The third-order valence-electron chi connectivity index (χ3n) is 2.43. The molecule has 20 heavy (non-hydrogen) atoms. The number of esters is 1. The Hall–Kier alpha value is -2.64. The predicted molar refractivity (Wildman–Crippen MR) is 69.2 cm³/mol. The van der Waals surface area contributed by atoms with Crippen molar-refractivity contribution < 1.29 is 19.1 Å². The Labute approximate surface area is 114 Å². The lowest BCUT2D eigenvalue weighted by molar-refractivity contribution is -0.153. The topological polar surface area (TPSA) is 111 Å². The first-order valence-electron chi connectivity index (χ1n) is 5.64. The van der Waals surface area contributed by atoms with Crippen LogP contribution in [0.25, 0.3) is 0 Å². The average molecular weight is 280 g/mol. The van der Waals surface area contributed by atoms with Gasteiger partial charge < -0.3 is 9.47 Å². The standard InChI is InChI=1S/C12H12N2O6/c1-3-20-12(16)10(15)4-7-5-11(19-2)9(14-18)6-8(7)13-17/h5-6H,3-4H2,1-2H3. The Kier molecular flexibility index (Phi) is 5.45. The minimum atomic E-state index is -0.999. The minimum absolute atomic E-state index is 0.0701. The van der Waals surface area contributed by atoms with Crippen LogP contribution in [0.1, 0.15) is 12.5 Å². The molecule has 0 atom stereocenters. The third kappa shape index (κ3) is 3.44. The lowest BCUT2D eigenvalue weighted by Gasteiger charge is -2.07. The number of benzene rings is 1. The Morgan fingerprint density at radius 2 is 1.80 bits per heavy atom. The third-order valence-corrected chi connectivity index (χ3v) is 2.43. The highest BCUT2D eigenvalue weighted by Gasteiger charge is 2.20. The molecular weight excluding hydrogens is 268 g/mol. The van der Waals surface area contributed by atoms with E-state index in [0.29, 0.717) is 0 Å². The maximum Gasteiger partial charge on any atom is 0.374 e. The summed E-state index contributed by atoms with van der Waals surface area (Å²) < 4.78 is 9.45. The molecule has 0 aliphatic rings. The van der Waals surface area contributed by atoms with Gasteiger partial charge in [-0.15, -0.1) is 9.81 Å². The van der Waals surface area contributed by atoms with Gasteiger partial charge in [-0.3, -0.25) is 4.79 Å². The zero-order chi connectivity index (χ0) is 15.1. The maximum atomic E-state index is 11.6. The fourth-order valence-corrected chi connectivity index (χ4v) is 1.52. The molecule has 1 aromatic rings.